The van der Waals surface area contributed by atoms with Crippen molar-refractivity contribution < 1.29 is 19.5 Å². The Morgan fingerprint density at radius 3 is 2.61 bits per heavy atom. The van der Waals surface area contributed by atoms with Crippen LogP contribution in [-0.4, -0.2) is 23.0 Å². The quantitative estimate of drug-likeness (QED) is 0.611. The van der Waals surface area contributed by atoms with Gasteiger partial charge in [0.05, 0.1) is 12.6 Å². The molecule has 0 radical (unpaired) electrons. The molecule has 1 aromatic carbocycles. The third kappa shape index (κ3) is 5.42. The molecule has 0 saturated carbocycles. The van der Waals surface area contributed by atoms with Crippen molar-refractivity contribution in [3.63, 3.8) is 0 Å². The molecule has 98 valence electrons. The maximum atomic E-state index is 11.4. The van der Waals surface area contributed by atoms with Gasteiger partial charge in [0.1, 0.15) is 0 Å². The number of hydroxylamine groups is 1. The van der Waals surface area contributed by atoms with Gasteiger partial charge in [-0.05, 0) is 12.0 Å². The molecule has 4 N–H and O–H groups in total. The average Bonchev–Trinajstić information content (AvgIpc) is 2.37. The number of rotatable bonds is 7. The van der Waals surface area contributed by atoms with Crippen molar-refractivity contribution in [2.75, 3.05) is 0 Å². The molecule has 6 nitrogen and oxygen atoms in total. The first-order valence-corrected chi connectivity index (χ1v) is 5.52. The number of carbonyl (C=O) groups excluding carboxylic acids is 1. The van der Waals surface area contributed by atoms with Gasteiger partial charge >= 0.3 is 5.97 Å². The van der Waals surface area contributed by atoms with Crippen LogP contribution in [0.3, 0.4) is 0 Å². The van der Waals surface area contributed by atoms with Crippen molar-refractivity contribution in [1.29, 1.82) is 0 Å². The lowest BCUT2D eigenvalue weighted by Gasteiger charge is -2.11. The Balaban J connectivity index is 2.22. The van der Waals surface area contributed by atoms with Crippen LogP contribution < -0.4 is 11.2 Å². The summed E-state index contributed by atoms with van der Waals surface area (Å²) in [7, 11) is 0. The molecule has 0 spiro atoms. The minimum atomic E-state index is -0.983. The van der Waals surface area contributed by atoms with Crippen molar-refractivity contribution in [3.8, 4) is 0 Å². The van der Waals surface area contributed by atoms with E-state index in [-0.39, 0.29) is 19.4 Å². The zero-order valence-corrected chi connectivity index (χ0v) is 9.83. The lowest BCUT2D eigenvalue weighted by molar-refractivity contribution is -0.138. The van der Waals surface area contributed by atoms with Crippen molar-refractivity contribution in [3.05, 3.63) is 35.9 Å². The molecule has 6 heteroatoms. The van der Waals surface area contributed by atoms with E-state index in [2.05, 4.69) is 5.48 Å². The second-order valence-corrected chi connectivity index (χ2v) is 3.78. The first-order valence-electron chi connectivity index (χ1n) is 5.52. The molecule has 0 heterocycles. The molecule has 1 amide bonds. The predicted octanol–water partition coefficient (Wildman–Crippen LogP) is 0.427. The van der Waals surface area contributed by atoms with Crippen LogP contribution >= 0.6 is 0 Å². The first-order chi connectivity index (χ1) is 8.59. The lowest BCUT2D eigenvalue weighted by Crippen LogP contribution is -2.40. The monoisotopic (exact) mass is 252 g/mol. The number of aliphatic carboxylic acids is 1. The second kappa shape index (κ2) is 7.41. The minimum absolute atomic E-state index is 0.0792. The van der Waals surface area contributed by atoms with Crippen LogP contribution in [0.5, 0.6) is 0 Å². The van der Waals surface area contributed by atoms with Gasteiger partial charge in [-0.2, -0.15) is 0 Å². The normalized spacial score (nSPS) is 11.8. The largest absolute Gasteiger partial charge is 0.481 e. The maximum Gasteiger partial charge on any atom is 0.303 e. The highest BCUT2D eigenvalue weighted by atomic mass is 16.6. The van der Waals surface area contributed by atoms with Crippen LogP contribution in [0.15, 0.2) is 30.3 Å². The molecule has 0 aliphatic carbocycles. The third-order valence-corrected chi connectivity index (χ3v) is 2.26. The fraction of sp³-hybridized carbons (Fsp3) is 0.333. The van der Waals surface area contributed by atoms with E-state index in [0.717, 1.165) is 5.56 Å². The lowest BCUT2D eigenvalue weighted by atomic mass is 10.1. The van der Waals surface area contributed by atoms with Crippen LogP contribution in [0.1, 0.15) is 18.4 Å². The molecule has 0 saturated heterocycles. The Morgan fingerprint density at radius 1 is 1.33 bits per heavy atom. The number of hydrogen-bond acceptors (Lipinski definition) is 4. The molecule has 0 bridgehead atoms. The number of nitrogens with one attached hydrogen (secondary N) is 1. The summed E-state index contributed by atoms with van der Waals surface area (Å²) >= 11 is 0. The Labute approximate surface area is 105 Å². The van der Waals surface area contributed by atoms with Gasteiger partial charge in [-0.25, -0.2) is 5.48 Å². The molecular formula is C12H16N2O4. The third-order valence-electron chi connectivity index (χ3n) is 2.26. The van der Waals surface area contributed by atoms with Gasteiger partial charge in [-0.3, -0.25) is 14.4 Å². The van der Waals surface area contributed by atoms with Crippen LogP contribution in [-0.2, 0) is 21.0 Å². The highest BCUT2D eigenvalue weighted by Crippen LogP contribution is 2.00. The predicted molar refractivity (Wildman–Crippen MR) is 64.2 cm³/mol. The van der Waals surface area contributed by atoms with E-state index in [0.29, 0.717) is 0 Å². The molecule has 18 heavy (non-hydrogen) atoms. The zero-order valence-electron chi connectivity index (χ0n) is 9.83. The van der Waals surface area contributed by atoms with E-state index in [1.54, 1.807) is 0 Å². The number of nitrogens with two attached hydrogens (primary N) is 1. The van der Waals surface area contributed by atoms with Gasteiger partial charge < -0.3 is 10.8 Å². The topological polar surface area (TPSA) is 102 Å². The second-order valence-electron chi connectivity index (χ2n) is 3.78. The van der Waals surface area contributed by atoms with Crippen molar-refractivity contribution in [2.45, 2.75) is 25.5 Å². The zero-order chi connectivity index (χ0) is 13.4. The smallest absolute Gasteiger partial charge is 0.303 e. The summed E-state index contributed by atoms with van der Waals surface area (Å²) < 4.78 is 0. The molecule has 0 aliphatic heterocycles. The van der Waals surface area contributed by atoms with Crippen molar-refractivity contribution in [2.24, 2.45) is 5.73 Å². The number of amides is 1. The molecule has 1 unspecified atom stereocenters. The molecule has 0 aromatic heterocycles. The Hall–Kier alpha value is -1.92. The van der Waals surface area contributed by atoms with Crippen molar-refractivity contribution >= 4 is 11.9 Å². The number of hydrogen-bond donors (Lipinski definition) is 3. The molecule has 1 rings (SSSR count). The molecular weight excluding hydrogens is 236 g/mol. The van der Waals surface area contributed by atoms with Gasteiger partial charge in [0.25, 0.3) is 5.91 Å². The van der Waals surface area contributed by atoms with Gasteiger partial charge in [0.15, 0.2) is 0 Å². The summed E-state index contributed by atoms with van der Waals surface area (Å²) in [6.07, 6.45) is -0.0663. The van der Waals surface area contributed by atoms with E-state index >= 15 is 0 Å². The Bertz CT molecular complexity index is 394. The average molecular weight is 252 g/mol. The van der Waals surface area contributed by atoms with E-state index in [1.807, 2.05) is 30.3 Å². The van der Waals surface area contributed by atoms with Gasteiger partial charge in [-0.1, -0.05) is 30.3 Å². The highest BCUT2D eigenvalue weighted by molar-refractivity contribution is 5.81. The molecule has 1 aromatic rings. The van der Waals surface area contributed by atoms with Gasteiger partial charge in [0.2, 0.25) is 0 Å². The highest BCUT2D eigenvalue weighted by Gasteiger charge is 2.14. The number of carboxylic acid groups (broad SMARTS) is 1. The molecule has 1 atom stereocenters. The fourth-order valence-corrected chi connectivity index (χ4v) is 1.25. The van der Waals surface area contributed by atoms with Crippen LogP contribution in [0.2, 0.25) is 0 Å². The standard InChI is InChI=1S/C12H16N2O4/c13-10(6-7-11(15)16)12(17)14-18-8-9-4-2-1-3-5-9/h1-5,10H,6-8,13H2,(H,14,17)(H,15,16). The number of carboxylic acids is 1. The molecule has 0 fully saturated rings. The van der Waals surface area contributed by atoms with E-state index < -0.39 is 17.9 Å². The summed E-state index contributed by atoms with van der Waals surface area (Å²) in [5, 5.41) is 8.45. The summed E-state index contributed by atoms with van der Waals surface area (Å²) in [6.45, 7) is 0.234. The van der Waals surface area contributed by atoms with E-state index in [4.69, 9.17) is 15.7 Å². The van der Waals surface area contributed by atoms with Crippen LogP contribution in [0, 0.1) is 0 Å². The summed E-state index contributed by atoms with van der Waals surface area (Å²) in [5.74, 6) is -1.50. The van der Waals surface area contributed by atoms with Crippen LogP contribution in [0.25, 0.3) is 0 Å². The Morgan fingerprint density at radius 2 is 2.00 bits per heavy atom. The summed E-state index contributed by atoms with van der Waals surface area (Å²) in [4.78, 5) is 26.7. The number of benzene rings is 1. The van der Waals surface area contributed by atoms with Gasteiger partial charge in [-0.15, -0.1) is 0 Å². The van der Waals surface area contributed by atoms with Crippen LogP contribution in [0.4, 0.5) is 0 Å². The number of carbonyl (C=O) groups is 2. The minimum Gasteiger partial charge on any atom is -0.481 e. The fourth-order valence-electron chi connectivity index (χ4n) is 1.25. The van der Waals surface area contributed by atoms with E-state index in [9.17, 15) is 9.59 Å². The Kier molecular flexibility index (Phi) is 5.83. The SMILES string of the molecule is NC(CCC(=O)O)C(=O)NOCc1ccccc1. The van der Waals surface area contributed by atoms with Crippen molar-refractivity contribution in [1.82, 2.24) is 5.48 Å². The summed E-state index contributed by atoms with van der Waals surface area (Å²) in [6, 6.07) is 8.44. The summed E-state index contributed by atoms with van der Waals surface area (Å²) in [5.41, 5.74) is 8.60. The van der Waals surface area contributed by atoms with Gasteiger partial charge in [0, 0.05) is 6.42 Å². The van der Waals surface area contributed by atoms with E-state index in [1.165, 1.54) is 0 Å². The molecule has 0 aliphatic rings. The first kappa shape index (κ1) is 14.1. The maximum absolute atomic E-state index is 11.4.